The van der Waals surface area contributed by atoms with Crippen LogP contribution in [0, 0.1) is 0 Å². The lowest BCUT2D eigenvalue weighted by molar-refractivity contribution is -0.295. The van der Waals surface area contributed by atoms with Crippen LogP contribution in [0.5, 0.6) is 0 Å². The zero-order chi connectivity index (χ0) is 21.6. The molecule has 30 heavy (non-hydrogen) atoms. The summed E-state index contributed by atoms with van der Waals surface area (Å²) in [7, 11) is 0. The van der Waals surface area contributed by atoms with Crippen molar-refractivity contribution in [1.29, 1.82) is 0 Å². The van der Waals surface area contributed by atoms with Crippen molar-refractivity contribution in [2.75, 3.05) is 5.06 Å². The van der Waals surface area contributed by atoms with E-state index >= 15 is 0 Å². The number of nitrogens with zero attached hydrogens (tertiary/aromatic N) is 1. The number of hydroxylamine groups is 1. The van der Waals surface area contributed by atoms with E-state index in [4.69, 9.17) is 14.7 Å². The highest BCUT2D eigenvalue weighted by atomic mass is 16.8. The summed E-state index contributed by atoms with van der Waals surface area (Å²) in [4.78, 5) is 29.0. The number of rotatable bonds is 4. The van der Waals surface area contributed by atoms with Crippen LogP contribution in [0.25, 0.3) is 11.1 Å². The van der Waals surface area contributed by atoms with E-state index in [0.29, 0.717) is 12.1 Å². The molecule has 2 aliphatic rings. The van der Waals surface area contributed by atoms with Crippen LogP contribution in [0.2, 0.25) is 0 Å². The van der Waals surface area contributed by atoms with Gasteiger partial charge in [-0.2, -0.15) is 5.06 Å². The van der Waals surface area contributed by atoms with E-state index in [1.807, 2.05) is 30.3 Å². The molecule has 0 saturated carbocycles. The van der Waals surface area contributed by atoms with Crippen molar-refractivity contribution in [1.82, 2.24) is 0 Å². The van der Waals surface area contributed by atoms with Crippen molar-refractivity contribution < 1.29 is 39.6 Å². The van der Waals surface area contributed by atoms with E-state index in [2.05, 4.69) is 0 Å². The van der Waals surface area contributed by atoms with Gasteiger partial charge in [0.25, 0.3) is 0 Å². The van der Waals surface area contributed by atoms with E-state index in [1.165, 1.54) is 6.92 Å². The van der Waals surface area contributed by atoms with Crippen LogP contribution in [0.4, 0.5) is 5.69 Å². The number of ether oxygens (including phenoxy) is 1. The molecule has 9 nitrogen and oxygen atoms in total. The summed E-state index contributed by atoms with van der Waals surface area (Å²) < 4.78 is 5.11. The number of hydrogen-bond acceptors (Lipinski definition) is 7. The van der Waals surface area contributed by atoms with Crippen molar-refractivity contribution in [3.63, 3.8) is 0 Å². The number of carbonyl (C=O) groups is 2. The molecule has 1 aliphatic carbocycles. The summed E-state index contributed by atoms with van der Waals surface area (Å²) in [5.41, 5.74) is 4.65. The number of carboxylic acids is 1. The summed E-state index contributed by atoms with van der Waals surface area (Å²) in [5.74, 6) is -2.08. The van der Waals surface area contributed by atoms with E-state index < -0.39 is 42.6 Å². The molecule has 1 aliphatic heterocycles. The summed E-state index contributed by atoms with van der Waals surface area (Å²) in [6, 6.07) is 13.2. The lowest BCUT2D eigenvalue weighted by atomic mass is 9.99. The second-order valence-corrected chi connectivity index (χ2v) is 7.33. The van der Waals surface area contributed by atoms with Gasteiger partial charge in [0.05, 0.1) is 5.69 Å². The minimum absolute atomic E-state index is 0.359. The van der Waals surface area contributed by atoms with Crippen LogP contribution in [0.1, 0.15) is 18.1 Å². The Morgan fingerprint density at radius 1 is 1.00 bits per heavy atom. The zero-order valence-electron chi connectivity index (χ0n) is 16.0. The van der Waals surface area contributed by atoms with Gasteiger partial charge in [-0.3, -0.25) is 4.79 Å². The van der Waals surface area contributed by atoms with Gasteiger partial charge in [0.1, 0.15) is 18.3 Å². The molecule has 2 aromatic carbocycles. The summed E-state index contributed by atoms with van der Waals surface area (Å²) in [6.07, 6.45) is -8.26. The fraction of sp³-hybridized carbons (Fsp3) is 0.333. The number of fused-ring (bicyclic) bond motifs is 3. The smallest absolute Gasteiger partial charge is 0.335 e. The predicted octanol–water partition coefficient (Wildman–Crippen LogP) is 0.435. The second-order valence-electron chi connectivity index (χ2n) is 7.33. The van der Waals surface area contributed by atoms with Crippen LogP contribution in [0.15, 0.2) is 42.5 Å². The summed E-state index contributed by atoms with van der Waals surface area (Å²) >= 11 is 0. The standard InChI is InChI=1S/C21H21NO8/c1-10(23)22(30-21-18(26)16(24)17(25)19(29-21)20(27)28)13-6-7-15-12(9-13)8-11-4-2-3-5-14(11)15/h2-7,9,16-19,21,24-26H,8H2,1H3,(H,27,28)/t16-,17-,18+,19-,21?/m0/s1. The van der Waals surface area contributed by atoms with Crippen LogP contribution in [-0.4, -0.2) is 63.0 Å². The number of amides is 1. The maximum Gasteiger partial charge on any atom is 0.335 e. The highest BCUT2D eigenvalue weighted by Gasteiger charge is 2.48. The minimum atomic E-state index is -1.85. The van der Waals surface area contributed by atoms with Gasteiger partial charge in [0, 0.05) is 6.92 Å². The van der Waals surface area contributed by atoms with Crippen LogP contribution < -0.4 is 5.06 Å². The van der Waals surface area contributed by atoms with Crippen LogP contribution in [-0.2, 0) is 25.6 Å². The molecule has 4 rings (SSSR count). The number of anilines is 1. The maximum atomic E-state index is 12.2. The Kier molecular flexibility index (Phi) is 5.31. The number of carbonyl (C=O) groups excluding carboxylic acids is 1. The number of aliphatic hydroxyl groups is 3. The second kappa shape index (κ2) is 7.78. The van der Waals surface area contributed by atoms with Crippen molar-refractivity contribution in [3.8, 4) is 11.1 Å². The first kappa shape index (κ1) is 20.5. The van der Waals surface area contributed by atoms with Gasteiger partial charge in [-0.1, -0.05) is 30.3 Å². The SMILES string of the molecule is CC(=O)N(OC1O[C@H](C(=O)O)[C@@H](O)[C@H](O)[C@H]1O)c1ccc2c(c1)Cc1ccccc1-2. The number of carboxylic acid groups (broad SMARTS) is 1. The van der Waals surface area contributed by atoms with Crippen LogP contribution in [0.3, 0.4) is 0 Å². The molecule has 0 radical (unpaired) electrons. The van der Waals surface area contributed by atoms with Crippen molar-refractivity contribution in [2.45, 2.75) is 44.1 Å². The molecule has 2 aromatic rings. The molecular formula is C21H21NO8. The molecular weight excluding hydrogens is 394 g/mol. The number of hydrogen-bond donors (Lipinski definition) is 4. The van der Waals surface area contributed by atoms with E-state index in [9.17, 15) is 24.9 Å². The molecule has 1 unspecified atom stereocenters. The van der Waals surface area contributed by atoms with Crippen molar-refractivity contribution in [2.24, 2.45) is 0 Å². The first-order valence-corrected chi connectivity index (χ1v) is 9.39. The number of aliphatic carboxylic acids is 1. The number of benzene rings is 2. The third-order valence-corrected chi connectivity index (χ3v) is 5.32. The number of aliphatic hydroxyl groups excluding tert-OH is 3. The topological polar surface area (TPSA) is 137 Å². The van der Waals surface area contributed by atoms with Gasteiger partial charge in [-0.15, -0.1) is 0 Å². The van der Waals surface area contributed by atoms with Gasteiger partial charge in [0.15, 0.2) is 6.10 Å². The summed E-state index contributed by atoms with van der Waals surface area (Å²) in [6.45, 7) is 1.23. The molecule has 1 amide bonds. The van der Waals surface area contributed by atoms with Gasteiger partial charge >= 0.3 is 5.97 Å². The van der Waals surface area contributed by atoms with Crippen molar-refractivity contribution in [3.05, 3.63) is 53.6 Å². The largest absolute Gasteiger partial charge is 0.479 e. The highest BCUT2D eigenvalue weighted by molar-refractivity contribution is 5.90. The Labute approximate surface area is 171 Å². The zero-order valence-corrected chi connectivity index (χ0v) is 16.0. The lowest BCUT2D eigenvalue weighted by Crippen LogP contribution is -2.61. The van der Waals surface area contributed by atoms with E-state index in [-0.39, 0.29) is 0 Å². The Balaban J connectivity index is 1.60. The molecule has 158 valence electrons. The summed E-state index contributed by atoms with van der Waals surface area (Å²) in [5, 5.41) is 40.0. The molecule has 0 spiro atoms. The Bertz CT molecular complexity index is 993. The Morgan fingerprint density at radius 2 is 1.70 bits per heavy atom. The fourth-order valence-corrected chi connectivity index (χ4v) is 3.82. The third-order valence-electron chi connectivity index (χ3n) is 5.32. The molecule has 5 atom stereocenters. The van der Waals surface area contributed by atoms with Crippen molar-refractivity contribution >= 4 is 17.6 Å². The average Bonchev–Trinajstić information content (AvgIpc) is 3.08. The van der Waals surface area contributed by atoms with Gasteiger partial charge in [-0.05, 0) is 40.8 Å². The third kappa shape index (κ3) is 3.47. The van der Waals surface area contributed by atoms with Gasteiger partial charge in [-0.25, -0.2) is 9.63 Å². The lowest BCUT2D eigenvalue weighted by Gasteiger charge is -2.39. The average molecular weight is 415 g/mol. The molecule has 9 heteroatoms. The van der Waals surface area contributed by atoms with E-state index in [1.54, 1.807) is 12.1 Å². The first-order valence-electron chi connectivity index (χ1n) is 9.39. The normalized spacial score (nSPS) is 27.3. The minimum Gasteiger partial charge on any atom is -0.479 e. The molecule has 1 heterocycles. The Morgan fingerprint density at radius 3 is 2.40 bits per heavy atom. The highest BCUT2D eigenvalue weighted by Crippen LogP contribution is 2.38. The molecule has 0 bridgehead atoms. The molecule has 4 N–H and O–H groups in total. The van der Waals surface area contributed by atoms with E-state index in [0.717, 1.165) is 27.3 Å². The fourth-order valence-electron chi connectivity index (χ4n) is 3.82. The van der Waals surface area contributed by atoms with Gasteiger partial charge in [0.2, 0.25) is 12.2 Å². The van der Waals surface area contributed by atoms with Gasteiger partial charge < -0.3 is 25.2 Å². The molecule has 0 aromatic heterocycles. The maximum absolute atomic E-state index is 12.2. The molecule has 1 fully saturated rings. The quantitative estimate of drug-likeness (QED) is 0.451. The van der Waals surface area contributed by atoms with Crippen LogP contribution >= 0.6 is 0 Å². The first-order chi connectivity index (χ1) is 14.3. The monoisotopic (exact) mass is 415 g/mol. The predicted molar refractivity (Wildman–Crippen MR) is 103 cm³/mol. The molecule has 1 saturated heterocycles. The Hall–Kier alpha value is -2.82.